The Morgan fingerprint density at radius 2 is 1.81 bits per heavy atom. The summed E-state index contributed by atoms with van der Waals surface area (Å²) in [5.74, 6) is 0.329. The van der Waals surface area contributed by atoms with Gasteiger partial charge in [-0.05, 0) is 49.7 Å². The molecule has 0 spiro atoms. The Balaban J connectivity index is 1.55. The second kappa shape index (κ2) is 10.2. The summed E-state index contributed by atoms with van der Waals surface area (Å²) >= 11 is 0. The Labute approximate surface area is 216 Å². The van der Waals surface area contributed by atoms with Gasteiger partial charge in [0.25, 0.3) is 5.56 Å². The monoisotopic (exact) mass is 521 g/mol. The highest BCUT2D eigenvalue weighted by Gasteiger charge is 2.29. The average Bonchev–Trinajstić information content (AvgIpc) is 3.26. The number of piperazine rings is 1. The number of benzene rings is 1. The van der Waals surface area contributed by atoms with Crippen molar-refractivity contribution in [1.29, 1.82) is 0 Å². The van der Waals surface area contributed by atoms with Gasteiger partial charge in [0.05, 0.1) is 22.8 Å². The summed E-state index contributed by atoms with van der Waals surface area (Å²) in [5, 5.41) is 4.53. The molecule has 0 bridgehead atoms. The van der Waals surface area contributed by atoms with E-state index in [0.717, 1.165) is 23.5 Å². The Kier molecular flexibility index (Phi) is 6.93. The normalized spacial score (nSPS) is 15.4. The zero-order chi connectivity index (χ0) is 26.2. The second-order valence-electron chi connectivity index (χ2n) is 9.21. The number of likely N-dealkylation sites (N-methyl/N-ethyl adjacent to an activating group) is 1. The van der Waals surface area contributed by atoms with Gasteiger partial charge in [0.2, 0.25) is 10.0 Å². The van der Waals surface area contributed by atoms with E-state index >= 15 is 0 Å². The van der Waals surface area contributed by atoms with Crippen LogP contribution in [0.4, 0.5) is 0 Å². The summed E-state index contributed by atoms with van der Waals surface area (Å²) in [5.41, 5.74) is 3.45. The predicted molar refractivity (Wildman–Crippen MR) is 142 cm³/mol. The van der Waals surface area contributed by atoms with Crippen LogP contribution in [0.5, 0.6) is 0 Å². The maximum atomic E-state index is 13.4. The first-order valence-electron chi connectivity index (χ1n) is 12.5. The average molecular weight is 522 g/mol. The van der Waals surface area contributed by atoms with Crippen LogP contribution < -0.4 is 5.56 Å². The molecule has 1 fully saturated rings. The van der Waals surface area contributed by atoms with Crippen LogP contribution in [0.25, 0.3) is 22.4 Å². The third-order valence-electron chi connectivity index (χ3n) is 6.95. The van der Waals surface area contributed by atoms with Gasteiger partial charge >= 0.3 is 0 Å². The van der Waals surface area contributed by atoms with E-state index in [-0.39, 0.29) is 16.0 Å². The van der Waals surface area contributed by atoms with Crippen molar-refractivity contribution < 1.29 is 8.42 Å². The number of hydrogen-bond donors (Lipinski definition) is 1. The predicted octanol–water partition coefficient (Wildman–Crippen LogP) is 2.43. The van der Waals surface area contributed by atoms with Gasteiger partial charge in [0.1, 0.15) is 11.3 Å². The summed E-state index contributed by atoms with van der Waals surface area (Å²) in [6.07, 6.45) is 2.34. The Bertz CT molecular complexity index is 1590. The van der Waals surface area contributed by atoms with Gasteiger partial charge in [0.15, 0.2) is 5.52 Å². The van der Waals surface area contributed by atoms with Crippen molar-refractivity contribution in [3.63, 3.8) is 0 Å². The number of sulfonamides is 1. The van der Waals surface area contributed by atoms with Crippen molar-refractivity contribution in [2.45, 2.75) is 38.6 Å². The molecule has 10 nitrogen and oxygen atoms in total. The molecule has 4 heterocycles. The summed E-state index contributed by atoms with van der Waals surface area (Å²) in [4.78, 5) is 27.5. The van der Waals surface area contributed by atoms with Crippen molar-refractivity contribution in [2.24, 2.45) is 0 Å². The molecule has 0 aliphatic carbocycles. The fourth-order valence-corrected chi connectivity index (χ4v) is 6.22. The maximum Gasteiger partial charge on any atom is 0.279 e. The topological polar surface area (TPSA) is 117 Å². The van der Waals surface area contributed by atoms with Crippen LogP contribution in [0.1, 0.15) is 30.8 Å². The largest absolute Gasteiger partial charge is 0.305 e. The van der Waals surface area contributed by atoms with Gasteiger partial charge in [-0.15, -0.1) is 0 Å². The van der Waals surface area contributed by atoms with Crippen LogP contribution in [0.15, 0.2) is 52.3 Å². The summed E-state index contributed by atoms with van der Waals surface area (Å²) in [6, 6.07) is 10.7. The van der Waals surface area contributed by atoms with Gasteiger partial charge in [-0.25, -0.2) is 13.4 Å². The van der Waals surface area contributed by atoms with Crippen molar-refractivity contribution >= 4 is 21.1 Å². The first-order valence-corrected chi connectivity index (χ1v) is 14.0. The second-order valence-corrected chi connectivity index (χ2v) is 11.1. The number of hydrogen-bond acceptors (Lipinski definition) is 7. The highest BCUT2D eigenvalue weighted by atomic mass is 32.2. The number of H-pyrrole nitrogens is 1. The van der Waals surface area contributed by atoms with E-state index < -0.39 is 10.0 Å². The molecule has 0 amide bonds. The molecule has 1 saturated heterocycles. The molecule has 0 atom stereocenters. The van der Waals surface area contributed by atoms with Crippen LogP contribution in [0.3, 0.4) is 0 Å². The van der Waals surface area contributed by atoms with Gasteiger partial charge in [-0.3, -0.25) is 14.5 Å². The Morgan fingerprint density at radius 3 is 2.49 bits per heavy atom. The Morgan fingerprint density at radius 1 is 1.03 bits per heavy atom. The number of fused-ring (bicyclic) bond motifs is 1. The lowest BCUT2D eigenvalue weighted by Gasteiger charge is -2.33. The molecular formula is C26H31N7O3S. The van der Waals surface area contributed by atoms with E-state index in [4.69, 9.17) is 4.98 Å². The van der Waals surface area contributed by atoms with Gasteiger partial charge in [-0.1, -0.05) is 26.0 Å². The highest BCUT2D eigenvalue weighted by molar-refractivity contribution is 7.89. The third kappa shape index (κ3) is 4.81. The number of pyridine rings is 1. The highest BCUT2D eigenvalue weighted by Crippen LogP contribution is 2.27. The fraction of sp³-hybridized carbons (Fsp3) is 0.385. The minimum absolute atomic E-state index is 0.197. The van der Waals surface area contributed by atoms with Crippen LogP contribution in [-0.4, -0.2) is 75.1 Å². The summed E-state index contributed by atoms with van der Waals surface area (Å²) in [6.45, 7) is 9.60. The molecule has 5 rings (SSSR count). The number of nitrogens with zero attached hydrogens (tertiary/aromatic N) is 6. The minimum atomic E-state index is -3.67. The van der Waals surface area contributed by atoms with Gasteiger partial charge in [-0.2, -0.15) is 9.40 Å². The molecule has 1 aliphatic rings. The first-order chi connectivity index (χ1) is 17.8. The Hall–Kier alpha value is -3.41. The zero-order valence-electron chi connectivity index (χ0n) is 21.3. The minimum Gasteiger partial charge on any atom is -0.305 e. The smallest absolute Gasteiger partial charge is 0.279 e. The molecule has 194 valence electrons. The maximum absolute atomic E-state index is 13.4. The molecule has 1 aromatic carbocycles. The van der Waals surface area contributed by atoms with E-state index in [2.05, 4.69) is 26.9 Å². The summed E-state index contributed by atoms with van der Waals surface area (Å²) < 4.78 is 30.2. The van der Waals surface area contributed by atoms with Crippen LogP contribution in [0.2, 0.25) is 0 Å². The summed E-state index contributed by atoms with van der Waals surface area (Å²) in [7, 11) is -3.67. The van der Waals surface area contributed by atoms with Crippen molar-refractivity contribution in [3.05, 3.63) is 69.9 Å². The first kappa shape index (κ1) is 25.2. The fourth-order valence-electron chi connectivity index (χ4n) is 4.77. The third-order valence-corrected chi connectivity index (χ3v) is 8.85. The molecule has 0 saturated carbocycles. The van der Waals surface area contributed by atoms with E-state index in [1.807, 2.05) is 32.0 Å². The van der Waals surface area contributed by atoms with Crippen LogP contribution in [0, 0.1) is 6.92 Å². The molecular weight excluding hydrogens is 490 g/mol. The number of rotatable bonds is 7. The molecule has 0 unspecified atom stereocenters. The molecule has 3 aromatic heterocycles. The van der Waals surface area contributed by atoms with Crippen molar-refractivity contribution in [1.82, 2.24) is 33.9 Å². The molecule has 0 radical (unpaired) electrons. The van der Waals surface area contributed by atoms with E-state index in [9.17, 15) is 13.2 Å². The number of aryl methyl sites for hydroxylation is 2. The number of aromatic nitrogens is 5. The van der Waals surface area contributed by atoms with Crippen LogP contribution >= 0.6 is 0 Å². The van der Waals surface area contributed by atoms with Gasteiger partial charge < -0.3 is 9.88 Å². The van der Waals surface area contributed by atoms with E-state index in [1.54, 1.807) is 29.1 Å². The van der Waals surface area contributed by atoms with Crippen LogP contribution in [-0.2, 0) is 23.0 Å². The molecule has 1 aliphatic heterocycles. The molecule has 11 heteroatoms. The number of nitrogens with one attached hydrogen (secondary N) is 1. The SMILES string of the molecule is CCc1c2nc(-c3cc(S(=O)(=O)N4CCN(CC)CC4)ccc3C)[nH]c(=O)c2nn1Cc1ccccn1. The van der Waals surface area contributed by atoms with Gasteiger partial charge in [0, 0.05) is 37.9 Å². The zero-order valence-corrected chi connectivity index (χ0v) is 22.1. The quantitative estimate of drug-likeness (QED) is 0.397. The van der Waals surface area contributed by atoms with Crippen molar-refractivity contribution in [3.8, 4) is 11.4 Å². The molecule has 4 aromatic rings. The van der Waals surface area contributed by atoms with Crippen molar-refractivity contribution in [2.75, 3.05) is 32.7 Å². The van der Waals surface area contributed by atoms with E-state index in [1.165, 1.54) is 4.31 Å². The van der Waals surface area contributed by atoms with E-state index in [0.29, 0.717) is 56.0 Å². The lowest BCUT2D eigenvalue weighted by molar-refractivity contribution is 0.196. The lowest BCUT2D eigenvalue weighted by Crippen LogP contribution is -2.48. The lowest BCUT2D eigenvalue weighted by atomic mass is 10.1. The molecule has 37 heavy (non-hydrogen) atoms. The number of aromatic amines is 1. The molecule has 1 N–H and O–H groups in total. The standard InChI is InChI=1S/C26H31N7O3S/c1-4-22-23-24(30-33(22)17-19-8-6-7-11-27-19)26(34)29-25(28-23)21-16-20(10-9-18(21)3)37(35,36)32-14-12-31(5-2)13-15-32/h6-11,16H,4-5,12-15,17H2,1-3H3,(H,28,29,34).